The monoisotopic (exact) mass is 379 g/mol. The summed E-state index contributed by atoms with van der Waals surface area (Å²) >= 11 is 6.17. The van der Waals surface area contributed by atoms with Crippen molar-refractivity contribution in [3.63, 3.8) is 0 Å². The number of nitrogens with one attached hydrogen (secondary N) is 1. The van der Waals surface area contributed by atoms with E-state index in [-0.39, 0.29) is 12.5 Å². The highest BCUT2D eigenvalue weighted by Gasteiger charge is 2.44. The van der Waals surface area contributed by atoms with Crippen molar-refractivity contribution in [3.8, 4) is 0 Å². The van der Waals surface area contributed by atoms with E-state index in [0.717, 1.165) is 37.7 Å². The van der Waals surface area contributed by atoms with Gasteiger partial charge in [0.25, 0.3) is 0 Å². The van der Waals surface area contributed by atoms with Gasteiger partial charge in [-0.2, -0.15) is 0 Å². The number of aliphatic carboxylic acids is 1. The van der Waals surface area contributed by atoms with E-state index < -0.39 is 16.8 Å². The van der Waals surface area contributed by atoms with Gasteiger partial charge in [-0.25, -0.2) is 0 Å². The van der Waals surface area contributed by atoms with Gasteiger partial charge in [0.05, 0.1) is 10.8 Å². The molecule has 1 saturated heterocycles. The fourth-order valence-electron chi connectivity index (χ4n) is 4.24. The van der Waals surface area contributed by atoms with Crippen molar-refractivity contribution >= 4 is 23.5 Å². The highest BCUT2D eigenvalue weighted by Crippen LogP contribution is 2.41. The molecular weight excluding hydrogens is 354 g/mol. The number of carbonyl (C=O) groups excluding carboxylic acids is 1. The Labute approximate surface area is 159 Å². The second kappa shape index (κ2) is 7.97. The van der Waals surface area contributed by atoms with Gasteiger partial charge in [0.15, 0.2) is 0 Å². The van der Waals surface area contributed by atoms with Crippen molar-refractivity contribution in [1.82, 2.24) is 5.32 Å². The fraction of sp³-hybridized carbons (Fsp3) is 0.600. The van der Waals surface area contributed by atoms with E-state index in [0.29, 0.717) is 31.1 Å². The molecule has 0 atom stereocenters. The van der Waals surface area contributed by atoms with Crippen molar-refractivity contribution in [2.45, 2.75) is 50.4 Å². The van der Waals surface area contributed by atoms with Crippen molar-refractivity contribution in [3.05, 3.63) is 34.9 Å². The molecule has 142 valence electrons. The van der Waals surface area contributed by atoms with E-state index in [9.17, 15) is 14.7 Å². The molecule has 0 aromatic heterocycles. The molecule has 1 aliphatic carbocycles. The van der Waals surface area contributed by atoms with E-state index in [1.807, 2.05) is 18.2 Å². The molecule has 1 saturated carbocycles. The minimum atomic E-state index is -0.932. The van der Waals surface area contributed by atoms with Crippen molar-refractivity contribution in [2.24, 2.45) is 5.41 Å². The van der Waals surface area contributed by atoms with Crippen molar-refractivity contribution in [1.29, 1.82) is 0 Å². The Kier molecular flexibility index (Phi) is 5.88. The summed E-state index contributed by atoms with van der Waals surface area (Å²) in [5.41, 5.74) is -0.620. The molecule has 5 nitrogen and oxygen atoms in total. The van der Waals surface area contributed by atoms with Gasteiger partial charge in [0.2, 0.25) is 5.91 Å². The molecule has 2 aliphatic rings. The molecule has 0 spiro atoms. The number of rotatable bonds is 5. The summed E-state index contributed by atoms with van der Waals surface area (Å²) in [4.78, 5) is 25.1. The Morgan fingerprint density at radius 3 is 2.42 bits per heavy atom. The molecule has 1 aromatic rings. The topological polar surface area (TPSA) is 75.6 Å². The molecule has 6 heteroatoms. The molecule has 2 fully saturated rings. The summed E-state index contributed by atoms with van der Waals surface area (Å²) in [7, 11) is 0. The molecule has 1 heterocycles. The van der Waals surface area contributed by atoms with Gasteiger partial charge < -0.3 is 15.2 Å². The van der Waals surface area contributed by atoms with Gasteiger partial charge >= 0.3 is 5.97 Å². The second-order valence-corrected chi connectivity index (χ2v) is 7.97. The zero-order valence-corrected chi connectivity index (χ0v) is 15.7. The van der Waals surface area contributed by atoms with Crippen LogP contribution in [0.1, 0.15) is 50.5 Å². The summed E-state index contributed by atoms with van der Waals surface area (Å²) < 4.78 is 5.31. The molecule has 3 rings (SSSR count). The molecule has 1 aromatic carbocycles. The Balaban J connectivity index is 1.81. The molecule has 0 unspecified atom stereocenters. The van der Waals surface area contributed by atoms with Crippen molar-refractivity contribution in [2.75, 3.05) is 19.8 Å². The zero-order chi connectivity index (χ0) is 18.6. The van der Waals surface area contributed by atoms with E-state index in [4.69, 9.17) is 16.3 Å². The lowest BCUT2D eigenvalue weighted by Gasteiger charge is -2.39. The first-order valence-electron chi connectivity index (χ1n) is 9.34. The van der Waals surface area contributed by atoms with Gasteiger partial charge in [-0.05, 0) is 43.4 Å². The average molecular weight is 380 g/mol. The number of benzene rings is 1. The van der Waals surface area contributed by atoms with Crippen LogP contribution in [0.3, 0.4) is 0 Å². The summed E-state index contributed by atoms with van der Waals surface area (Å²) in [5, 5.41) is 13.3. The predicted molar refractivity (Wildman–Crippen MR) is 99.3 cm³/mol. The number of halogens is 1. The van der Waals surface area contributed by atoms with Gasteiger partial charge in [0.1, 0.15) is 0 Å². The third kappa shape index (κ3) is 3.74. The summed E-state index contributed by atoms with van der Waals surface area (Å²) in [6.07, 6.45) is 5.46. The number of carbonyl (C=O) groups is 2. The summed E-state index contributed by atoms with van der Waals surface area (Å²) in [6.45, 7) is 0.982. The van der Waals surface area contributed by atoms with Crippen LogP contribution in [0.4, 0.5) is 0 Å². The minimum Gasteiger partial charge on any atom is -0.481 e. The Bertz CT molecular complexity index is 664. The fourth-order valence-corrected chi connectivity index (χ4v) is 4.43. The number of hydrogen-bond acceptors (Lipinski definition) is 3. The maximum atomic E-state index is 13.3. The second-order valence-electron chi connectivity index (χ2n) is 7.53. The standard InChI is InChI=1S/C20H26ClNO4/c21-16-6-4-5-15(13-16)20(7-2-1-3-8-20)17(23)22-14-19(18(24)25)9-11-26-12-10-19/h4-6,13H,1-3,7-12,14H2,(H,22,23)(H,24,25). The molecule has 0 radical (unpaired) electrons. The first kappa shape index (κ1) is 19.2. The first-order chi connectivity index (χ1) is 12.5. The van der Waals surface area contributed by atoms with Crippen LogP contribution in [0.2, 0.25) is 5.02 Å². The van der Waals surface area contributed by atoms with Crippen LogP contribution in [0.5, 0.6) is 0 Å². The SMILES string of the molecule is O=C(O)C1(CNC(=O)C2(c3cccc(Cl)c3)CCCCC2)CCOCC1. The number of amides is 1. The third-order valence-electron chi connectivity index (χ3n) is 6.01. The van der Waals surface area contributed by atoms with Crippen LogP contribution in [-0.4, -0.2) is 36.7 Å². The number of hydrogen-bond donors (Lipinski definition) is 2. The van der Waals surface area contributed by atoms with Gasteiger partial charge in [-0.1, -0.05) is 43.0 Å². The quantitative estimate of drug-likeness (QED) is 0.820. The Morgan fingerprint density at radius 2 is 1.81 bits per heavy atom. The zero-order valence-electron chi connectivity index (χ0n) is 14.9. The van der Waals surface area contributed by atoms with E-state index in [1.54, 1.807) is 6.07 Å². The van der Waals surface area contributed by atoms with Crippen LogP contribution >= 0.6 is 11.6 Å². The molecule has 0 bridgehead atoms. The van der Waals surface area contributed by atoms with E-state index in [1.165, 1.54) is 0 Å². The lowest BCUT2D eigenvalue weighted by molar-refractivity contribution is -0.155. The lowest BCUT2D eigenvalue weighted by Crippen LogP contribution is -2.52. The highest BCUT2D eigenvalue weighted by atomic mass is 35.5. The lowest BCUT2D eigenvalue weighted by atomic mass is 9.68. The van der Waals surface area contributed by atoms with Crippen LogP contribution in [0, 0.1) is 5.41 Å². The number of carboxylic acid groups (broad SMARTS) is 1. The van der Waals surface area contributed by atoms with Gasteiger partial charge in [-0.3, -0.25) is 9.59 Å². The first-order valence-corrected chi connectivity index (χ1v) is 9.72. The van der Waals surface area contributed by atoms with Crippen LogP contribution < -0.4 is 5.32 Å². The van der Waals surface area contributed by atoms with Crippen LogP contribution in [-0.2, 0) is 19.7 Å². The van der Waals surface area contributed by atoms with E-state index in [2.05, 4.69) is 5.32 Å². The van der Waals surface area contributed by atoms with E-state index >= 15 is 0 Å². The highest BCUT2D eigenvalue weighted by molar-refractivity contribution is 6.30. The number of ether oxygens (including phenoxy) is 1. The smallest absolute Gasteiger partial charge is 0.311 e. The van der Waals surface area contributed by atoms with Gasteiger partial charge in [0, 0.05) is 24.8 Å². The van der Waals surface area contributed by atoms with Crippen molar-refractivity contribution < 1.29 is 19.4 Å². The van der Waals surface area contributed by atoms with Gasteiger partial charge in [-0.15, -0.1) is 0 Å². The normalized spacial score (nSPS) is 21.7. The minimum absolute atomic E-state index is 0.0772. The molecular formula is C20H26ClNO4. The average Bonchev–Trinajstić information content (AvgIpc) is 2.67. The number of carboxylic acids is 1. The largest absolute Gasteiger partial charge is 0.481 e. The molecule has 1 aliphatic heterocycles. The summed E-state index contributed by atoms with van der Waals surface area (Å²) in [5.74, 6) is -0.937. The maximum absolute atomic E-state index is 13.3. The Morgan fingerprint density at radius 1 is 1.12 bits per heavy atom. The molecule has 1 amide bonds. The predicted octanol–water partition coefficient (Wildman–Crippen LogP) is 3.54. The van der Waals surface area contributed by atoms with Crippen LogP contribution in [0.15, 0.2) is 24.3 Å². The van der Waals surface area contributed by atoms with Crippen LogP contribution in [0.25, 0.3) is 0 Å². The maximum Gasteiger partial charge on any atom is 0.311 e. The Hall–Kier alpha value is -1.59. The molecule has 2 N–H and O–H groups in total. The third-order valence-corrected chi connectivity index (χ3v) is 6.24. The molecule has 26 heavy (non-hydrogen) atoms. The summed E-state index contributed by atoms with van der Waals surface area (Å²) in [6, 6.07) is 7.51.